The van der Waals surface area contributed by atoms with Crippen LogP contribution in [-0.2, 0) is 6.54 Å². The van der Waals surface area contributed by atoms with Crippen LogP contribution < -0.4 is 10.6 Å². The van der Waals surface area contributed by atoms with Crippen LogP contribution in [0.25, 0.3) is 5.82 Å². The number of hydrogen-bond acceptors (Lipinski definition) is 4. The molecule has 0 bridgehead atoms. The molecule has 0 radical (unpaired) electrons. The van der Waals surface area contributed by atoms with E-state index in [2.05, 4.69) is 62.8 Å². The maximum absolute atomic E-state index is 4.66. The topological polar surface area (TPSA) is 67.1 Å². The quantitative estimate of drug-likeness (QED) is 0.154. The largest absolute Gasteiger partial charge is 0.357 e. The van der Waals surface area contributed by atoms with Crippen molar-refractivity contribution in [3.8, 4) is 5.82 Å². The number of halogens is 1. The Balaban J connectivity index is 0.00000300. The van der Waals surface area contributed by atoms with Gasteiger partial charge >= 0.3 is 0 Å². The molecule has 0 atom stereocenters. The minimum atomic E-state index is 0. The Morgan fingerprint density at radius 1 is 1.10 bits per heavy atom. The molecular formula is C21H27IN6S. The molecule has 2 N–H and O–H groups in total. The van der Waals surface area contributed by atoms with Gasteiger partial charge in [0, 0.05) is 42.3 Å². The second kappa shape index (κ2) is 12.5. The van der Waals surface area contributed by atoms with E-state index in [0.717, 1.165) is 42.0 Å². The summed E-state index contributed by atoms with van der Waals surface area (Å²) in [6.45, 7) is 6.29. The van der Waals surface area contributed by atoms with E-state index in [1.165, 1.54) is 4.90 Å². The normalized spacial score (nSPS) is 11.0. The molecule has 0 amide bonds. The van der Waals surface area contributed by atoms with E-state index in [4.69, 9.17) is 0 Å². The van der Waals surface area contributed by atoms with Crippen molar-refractivity contribution in [3.63, 3.8) is 0 Å². The molecule has 0 saturated heterocycles. The van der Waals surface area contributed by atoms with Gasteiger partial charge in [0.05, 0.1) is 6.54 Å². The number of thioether (sulfide) groups is 1. The lowest BCUT2D eigenvalue weighted by Crippen LogP contribution is -2.38. The fourth-order valence-corrected chi connectivity index (χ4v) is 3.43. The molecular weight excluding hydrogens is 495 g/mol. The van der Waals surface area contributed by atoms with Gasteiger partial charge in [-0.05, 0) is 37.6 Å². The molecule has 3 aromatic rings. The highest BCUT2D eigenvalue weighted by Crippen LogP contribution is 2.15. The summed E-state index contributed by atoms with van der Waals surface area (Å²) in [5.41, 5.74) is 1.07. The van der Waals surface area contributed by atoms with Crippen molar-refractivity contribution in [3.05, 3.63) is 72.4 Å². The lowest BCUT2D eigenvalue weighted by molar-refractivity contribution is 0.841. The van der Waals surface area contributed by atoms with Crippen LogP contribution in [0.2, 0.25) is 0 Å². The number of aryl methyl sites for hydroxylation is 1. The summed E-state index contributed by atoms with van der Waals surface area (Å²) in [4.78, 5) is 14.7. The highest BCUT2D eigenvalue weighted by Gasteiger charge is 2.03. The fourth-order valence-electron chi connectivity index (χ4n) is 2.64. The SMILES string of the molecule is CCNC(=NCc1ccc(-n2ccnc2C)nc1)NCCSc1ccccc1.I. The number of hydrogen-bond donors (Lipinski definition) is 2. The van der Waals surface area contributed by atoms with Crippen molar-refractivity contribution >= 4 is 41.7 Å². The number of imidazole rings is 1. The van der Waals surface area contributed by atoms with Crippen molar-refractivity contribution in [2.75, 3.05) is 18.8 Å². The van der Waals surface area contributed by atoms with Crippen molar-refractivity contribution in [1.29, 1.82) is 0 Å². The number of aliphatic imine (C=N–C) groups is 1. The first-order chi connectivity index (χ1) is 13.8. The molecule has 0 unspecified atom stereocenters. The third kappa shape index (κ3) is 7.36. The molecule has 0 aliphatic rings. The van der Waals surface area contributed by atoms with Gasteiger partial charge in [-0.3, -0.25) is 4.57 Å². The van der Waals surface area contributed by atoms with Crippen LogP contribution in [0.15, 0.2) is 70.9 Å². The number of guanidine groups is 1. The molecule has 0 aliphatic heterocycles. The van der Waals surface area contributed by atoms with Crippen LogP contribution in [0.1, 0.15) is 18.3 Å². The molecule has 2 aromatic heterocycles. The average molecular weight is 522 g/mol. The molecule has 2 heterocycles. The smallest absolute Gasteiger partial charge is 0.191 e. The van der Waals surface area contributed by atoms with Crippen LogP contribution in [-0.4, -0.2) is 39.3 Å². The van der Waals surface area contributed by atoms with Crippen molar-refractivity contribution in [1.82, 2.24) is 25.2 Å². The first-order valence-corrected chi connectivity index (χ1v) is 10.4. The van der Waals surface area contributed by atoms with Gasteiger partial charge in [0.15, 0.2) is 5.96 Å². The van der Waals surface area contributed by atoms with Gasteiger partial charge in [0.2, 0.25) is 0 Å². The van der Waals surface area contributed by atoms with Crippen molar-refractivity contribution < 1.29 is 0 Å². The second-order valence-corrected chi connectivity index (χ2v) is 7.32. The summed E-state index contributed by atoms with van der Waals surface area (Å²) in [6, 6.07) is 14.5. The maximum Gasteiger partial charge on any atom is 0.191 e. The van der Waals surface area contributed by atoms with Gasteiger partial charge in [-0.2, -0.15) is 0 Å². The number of rotatable bonds is 8. The van der Waals surface area contributed by atoms with Gasteiger partial charge in [-0.1, -0.05) is 24.3 Å². The summed E-state index contributed by atoms with van der Waals surface area (Å²) in [5, 5.41) is 6.68. The number of aromatic nitrogens is 3. The minimum absolute atomic E-state index is 0. The Kier molecular flexibility index (Phi) is 9.99. The highest BCUT2D eigenvalue weighted by molar-refractivity contribution is 14.0. The van der Waals surface area contributed by atoms with E-state index < -0.39 is 0 Å². The molecule has 0 fully saturated rings. The lowest BCUT2D eigenvalue weighted by atomic mass is 10.3. The molecule has 1 aromatic carbocycles. The summed E-state index contributed by atoms with van der Waals surface area (Å²) < 4.78 is 1.96. The Morgan fingerprint density at radius 2 is 1.93 bits per heavy atom. The van der Waals surface area contributed by atoms with E-state index in [1.54, 1.807) is 6.20 Å². The monoisotopic (exact) mass is 522 g/mol. The molecule has 0 saturated carbocycles. The zero-order chi connectivity index (χ0) is 19.6. The number of pyridine rings is 1. The summed E-state index contributed by atoms with van der Waals surface area (Å²) in [5.74, 6) is 3.59. The number of benzene rings is 1. The van der Waals surface area contributed by atoms with E-state index in [0.29, 0.717) is 6.54 Å². The Hall–Kier alpha value is -2.07. The van der Waals surface area contributed by atoms with Crippen LogP contribution >= 0.6 is 35.7 Å². The van der Waals surface area contributed by atoms with Gasteiger partial charge in [0.1, 0.15) is 11.6 Å². The lowest BCUT2D eigenvalue weighted by Gasteiger charge is -2.11. The van der Waals surface area contributed by atoms with Crippen LogP contribution in [0.4, 0.5) is 0 Å². The minimum Gasteiger partial charge on any atom is -0.357 e. The molecule has 6 nitrogen and oxygen atoms in total. The summed E-state index contributed by atoms with van der Waals surface area (Å²) >= 11 is 1.83. The highest BCUT2D eigenvalue weighted by atomic mass is 127. The standard InChI is InChI=1S/C21H26N6S.HI/c1-3-22-21(24-12-14-28-19-7-5-4-6-8-19)26-16-18-9-10-20(25-15-18)27-13-11-23-17(27)2;/h4-11,13,15H,3,12,14,16H2,1-2H3,(H2,22,24,26);1H. The number of nitrogens with one attached hydrogen (secondary N) is 2. The Labute approximate surface area is 193 Å². The van der Waals surface area contributed by atoms with E-state index in [1.807, 2.05) is 47.8 Å². The first kappa shape index (κ1) is 23.2. The van der Waals surface area contributed by atoms with Gasteiger partial charge in [-0.15, -0.1) is 35.7 Å². The zero-order valence-electron chi connectivity index (χ0n) is 16.7. The third-order valence-electron chi connectivity index (χ3n) is 4.05. The van der Waals surface area contributed by atoms with Gasteiger partial charge in [0.25, 0.3) is 0 Å². The molecule has 29 heavy (non-hydrogen) atoms. The summed E-state index contributed by atoms with van der Waals surface area (Å²) in [7, 11) is 0. The maximum atomic E-state index is 4.66. The molecule has 154 valence electrons. The fraction of sp³-hybridized carbons (Fsp3) is 0.286. The Morgan fingerprint density at radius 3 is 2.59 bits per heavy atom. The van der Waals surface area contributed by atoms with Crippen LogP contribution in [0.3, 0.4) is 0 Å². The van der Waals surface area contributed by atoms with E-state index in [-0.39, 0.29) is 24.0 Å². The van der Waals surface area contributed by atoms with Crippen molar-refractivity contribution in [2.24, 2.45) is 4.99 Å². The molecule has 3 rings (SSSR count). The zero-order valence-corrected chi connectivity index (χ0v) is 19.9. The van der Waals surface area contributed by atoms with Gasteiger partial charge < -0.3 is 10.6 Å². The average Bonchev–Trinajstić information content (AvgIpc) is 3.16. The van der Waals surface area contributed by atoms with Crippen LogP contribution in [0, 0.1) is 6.92 Å². The molecule has 8 heteroatoms. The summed E-state index contributed by atoms with van der Waals surface area (Å²) in [6.07, 6.45) is 5.56. The molecule has 0 spiro atoms. The Bertz CT molecular complexity index is 880. The first-order valence-electron chi connectivity index (χ1n) is 9.41. The third-order valence-corrected chi connectivity index (χ3v) is 5.07. The van der Waals surface area contributed by atoms with E-state index in [9.17, 15) is 0 Å². The predicted octanol–water partition coefficient (Wildman–Crippen LogP) is 4.04. The second-order valence-electron chi connectivity index (χ2n) is 6.15. The van der Waals surface area contributed by atoms with E-state index >= 15 is 0 Å². The number of nitrogens with zero attached hydrogens (tertiary/aromatic N) is 4. The van der Waals surface area contributed by atoms with Crippen LogP contribution in [0.5, 0.6) is 0 Å². The molecule has 0 aliphatic carbocycles. The van der Waals surface area contributed by atoms with Crippen molar-refractivity contribution in [2.45, 2.75) is 25.3 Å². The van der Waals surface area contributed by atoms with Gasteiger partial charge in [-0.25, -0.2) is 15.0 Å². The predicted molar refractivity (Wildman–Crippen MR) is 131 cm³/mol.